The van der Waals surface area contributed by atoms with Crippen LogP contribution < -0.4 is 5.32 Å². The lowest BCUT2D eigenvalue weighted by Gasteiger charge is -2.14. The lowest BCUT2D eigenvalue weighted by molar-refractivity contribution is 1.52. The van der Waals surface area contributed by atoms with E-state index in [0.717, 1.165) is 22.4 Å². The zero-order chi connectivity index (χ0) is 17.3. The van der Waals surface area contributed by atoms with Gasteiger partial charge in [0.15, 0.2) is 0 Å². The Balaban J connectivity index is 1.83. The molecule has 0 saturated carbocycles. The zero-order valence-electron chi connectivity index (χ0n) is 14.2. The van der Waals surface area contributed by atoms with E-state index in [0.29, 0.717) is 0 Å². The van der Waals surface area contributed by atoms with Gasteiger partial charge >= 0.3 is 0 Å². The van der Waals surface area contributed by atoms with Crippen molar-refractivity contribution in [3.8, 4) is 11.1 Å². The third-order valence-electron chi connectivity index (χ3n) is 4.79. The summed E-state index contributed by atoms with van der Waals surface area (Å²) >= 11 is 0. The molecular weight excluding hydrogens is 316 g/mol. The van der Waals surface area contributed by atoms with Crippen LogP contribution >= 0.6 is 0 Å². The van der Waals surface area contributed by atoms with E-state index in [9.17, 15) is 0 Å². The molecule has 0 unspecified atom stereocenters. The molecule has 0 aliphatic rings. The van der Waals surface area contributed by atoms with Gasteiger partial charge in [0.2, 0.25) is 0 Å². The van der Waals surface area contributed by atoms with Gasteiger partial charge in [-0.1, -0.05) is 66.7 Å². The van der Waals surface area contributed by atoms with Gasteiger partial charge in [-0.25, -0.2) is 0 Å². The van der Waals surface area contributed by atoms with Gasteiger partial charge in [0.1, 0.15) is 0 Å². The summed E-state index contributed by atoms with van der Waals surface area (Å²) in [5.74, 6) is 0. The van der Waals surface area contributed by atoms with Gasteiger partial charge in [0.05, 0.1) is 0 Å². The fourth-order valence-corrected chi connectivity index (χ4v) is 3.63. The van der Waals surface area contributed by atoms with Gasteiger partial charge in [-0.3, -0.25) is 0 Å². The molecule has 2 heteroatoms. The molecule has 5 aromatic rings. The molecule has 1 aromatic heterocycles. The van der Waals surface area contributed by atoms with Crippen molar-refractivity contribution >= 4 is 33.2 Å². The summed E-state index contributed by atoms with van der Waals surface area (Å²) < 4.78 is 0. The molecule has 0 spiro atoms. The molecule has 5 rings (SSSR count). The van der Waals surface area contributed by atoms with Crippen LogP contribution in [0, 0.1) is 0 Å². The van der Waals surface area contributed by atoms with E-state index in [1.54, 1.807) is 0 Å². The molecule has 124 valence electrons. The highest BCUT2D eigenvalue weighted by atomic mass is 14.9. The van der Waals surface area contributed by atoms with Crippen LogP contribution in [0.15, 0.2) is 97.1 Å². The largest absolute Gasteiger partial charge is 0.355 e. The summed E-state index contributed by atoms with van der Waals surface area (Å²) in [7, 11) is 0. The second-order valence-corrected chi connectivity index (χ2v) is 6.44. The van der Waals surface area contributed by atoms with E-state index >= 15 is 0 Å². The second kappa shape index (κ2) is 6.08. The van der Waals surface area contributed by atoms with E-state index < -0.39 is 0 Å². The number of hydrogen-bond acceptors (Lipinski definition) is 1. The molecule has 0 saturated heterocycles. The Labute approximate surface area is 152 Å². The van der Waals surface area contributed by atoms with Crippen molar-refractivity contribution in [1.29, 1.82) is 0 Å². The lowest BCUT2D eigenvalue weighted by atomic mass is 9.97. The third-order valence-corrected chi connectivity index (χ3v) is 4.79. The maximum Gasteiger partial charge on any atom is 0.0472 e. The highest BCUT2D eigenvalue weighted by molar-refractivity contribution is 6.17. The number of aromatic nitrogens is 1. The number of nitrogens with one attached hydrogen (secondary N) is 2. The number of anilines is 2. The van der Waals surface area contributed by atoms with Crippen molar-refractivity contribution in [2.45, 2.75) is 0 Å². The normalized spacial score (nSPS) is 11.1. The number of fused-ring (bicyclic) bond motifs is 3. The van der Waals surface area contributed by atoms with Crippen LogP contribution in [-0.4, -0.2) is 4.98 Å². The monoisotopic (exact) mass is 334 g/mol. The molecule has 0 radical (unpaired) electrons. The molecule has 4 aromatic carbocycles. The number of H-pyrrole nitrogens is 1. The Morgan fingerprint density at radius 2 is 1.27 bits per heavy atom. The van der Waals surface area contributed by atoms with Gasteiger partial charge < -0.3 is 10.3 Å². The SMILES string of the molecule is c1ccc(Nc2ccc3[nH]c4ccccc4c3c2-c2ccccc2)cc1. The molecule has 0 aliphatic heterocycles. The summed E-state index contributed by atoms with van der Waals surface area (Å²) in [6.07, 6.45) is 0. The average molecular weight is 334 g/mol. The molecule has 0 amide bonds. The van der Waals surface area contributed by atoms with Gasteiger partial charge in [-0.05, 0) is 35.9 Å². The topological polar surface area (TPSA) is 27.8 Å². The van der Waals surface area contributed by atoms with Crippen LogP contribution in [-0.2, 0) is 0 Å². The Morgan fingerprint density at radius 1 is 0.577 bits per heavy atom. The lowest BCUT2D eigenvalue weighted by Crippen LogP contribution is -1.94. The molecule has 0 atom stereocenters. The Morgan fingerprint density at radius 3 is 2.08 bits per heavy atom. The summed E-state index contributed by atoms with van der Waals surface area (Å²) in [6.45, 7) is 0. The van der Waals surface area contributed by atoms with Crippen molar-refractivity contribution < 1.29 is 0 Å². The molecule has 0 bridgehead atoms. The van der Waals surface area contributed by atoms with E-state index in [1.807, 2.05) is 6.07 Å². The van der Waals surface area contributed by atoms with E-state index in [2.05, 4.69) is 101 Å². The van der Waals surface area contributed by atoms with E-state index in [1.165, 1.54) is 21.9 Å². The van der Waals surface area contributed by atoms with Crippen LogP contribution in [0.3, 0.4) is 0 Å². The van der Waals surface area contributed by atoms with Crippen LogP contribution in [0.2, 0.25) is 0 Å². The molecule has 0 aliphatic carbocycles. The van der Waals surface area contributed by atoms with Gasteiger partial charge in [0.25, 0.3) is 0 Å². The number of aromatic amines is 1. The fourth-order valence-electron chi connectivity index (χ4n) is 3.63. The fraction of sp³-hybridized carbons (Fsp3) is 0. The summed E-state index contributed by atoms with van der Waals surface area (Å²) in [4.78, 5) is 3.55. The second-order valence-electron chi connectivity index (χ2n) is 6.44. The zero-order valence-corrected chi connectivity index (χ0v) is 14.2. The first-order chi connectivity index (χ1) is 12.9. The summed E-state index contributed by atoms with van der Waals surface area (Å²) in [6, 6.07) is 33.7. The molecule has 1 heterocycles. The maximum atomic E-state index is 3.60. The molecule has 2 N–H and O–H groups in total. The predicted octanol–water partition coefficient (Wildman–Crippen LogP) is 6.73. The van der Waals surface area contributed by atoms with Crippen molar-refractivity contribution in [1.82, 2.24) is 4.98 Å². The van der Waals surface area contributed by atoms with Gasteiger partial charge in [-0.15, -0.1) is 0 Å². The summed E-state index contributed by atoms with van der Waals surface area (Å²) in [5.41, 5.74) is 6.95. The van der Waals surface area contributed by atoms with Crippen LogP contribution in [0.4, 0.5) is 11.4 Å². The predicted molar refractivity (Wildman–Crippen MR) is 111 cm³/mol. The van der Waals surface area contributed by atoms with Crippen molar-refractivity contribution in [3.63, 3.8) is 0 Å². The molecule has 2 nitrogen and oxygen atoms in total. The Bertz CT molecular complexity index is 1190. The first-order valence-electron chi connectivity index (χ1n) is 8.81. The molecule has 0 fully saturated rings. The smallest absolute Gasteiger partial charge is 0.0472 e. The first kappa shape index (κ1) is 14.8. The summed E-state index contributed by atoms with van der Waals surface area (Å²) in [5, 5.41) is 6.11. The third kappa shape index (κ3) is 2.44. The Hall–Kier alpha value is -3.52. The number of para-hydroxylation sites is 2. The number of benzene rings is 4. The maximum absolute atomic E-state index is 3.60. The van der Waals surface area contributed by atoms with Crippen molar-refractivity contribution in [2.24, 2.45) is 0 Å². The minimum Gasteiger partial charge on any atom is -0.355 e. The quantitative estimate of drug-likeness (QED) is 0.376. The van der Waals surface area contributed by atoms with Crippen LogP contribution in [0.5, 0.6) is 0 Å². The van der Waals surface area contributed by atoms with E-state index in [-0.39, 0.29) is 0 Å². The number of rotatable bonds is 3. The highest BCUT2D eigenvalue weighted by Gasteiger charge is 2.14. The first-order valence-corrected chi connectivity index (χ1v) is 8.81. The minimum atomic E-state index is 1.09. The van der Waals surface area contributed by atoms with Crippen LogP contribution in [0.1, 0.15) is 0 Å². The highest BCUT2D eigenvalue weighted by Crippen LogP contribution is 2.40. The molecular formula is C24H18N2. The Kier molecular flexibility index (Phi) is 3.46. The van der Waals surface area contributed by atoms with Crippen LogP contribution in [0.25, 0.3) is 32.9 Å². The standard InChI is InChI=1S/C24H18N2/c1-3-9-17(10-4-1)23-21(25-18-11-5-2-6-12-18)15-16-22-24(23)19-13-7-8-14-20(19)26-22/h1-16,25-26H. The average Bonchev–Trinajstić information content (AvgIpc) is 3.08. The van der Waals surface area contributed by atoms with E-state index in [4.69, 9.17) is 0 Å². The number of hydrogen-bond donors (Lipinski definition) is 2. The van der Waals surface area contributed by atoms with Gasteiger partial charge in [-0.2, -0.15) is 0 Å². The van der Waals surface area contributed by atoms with Crippen molar-refractivity contribution in [2.75, 3.05) is 5.32 Å². The minimum absolute atomic E-state index is 1.09. The molecule has 26 heavy (non-hydrogen) atoms. The van der Waals surface area contributed by atoms with Gasteiger partial charge in [0, 0.05) is 38.7 Å². The van der Waals surface area contributed by atoms with Crippen molar-refractivity contribution in [3.05, 3.63) is 97.1 Å².